The molecule has 0 aromatic heterocycles. The maximum atomic E-state index is 13.9. The zero-order valence-corrected chi connectivity index (χ0v) is 14.0. The van der Waals surface area contributed by atoms with Crippen LogP contribution < -0.4 is 0 Å². The first-order valence-electron chi connectivity index (χ1n) is 7.11. The van der Waals surface area contributed by atoms with Crippen LogP contribution in [0.4, 0.5) is 22.0 Å². The van der Waals surface area contributed by atoms with Crippen LogP contribution in [0.5, 0.6) is 0 Å². The molecule has 3 unspecified atom stereocenters. The molecule has 2 N–H and O–H groups in total. The van der Waals surface area contributed by atoms with Gasteiger partial charge in [0.2, 0.25) is 0 Å². The Bertz CT molecular complexity index is 714. The van der Waals surface area contributed by atoms with E-state index in [0.29, 0.717) is 0 Å². The van der Waals surface area contributed by atoms with Crippen molar-refractivity contribution in [3.63, 3.8) is 0 Å². The first kappa shape index (κ1) is 22.0. The van der Waals surface area contributed by atoms with Crippen molar-refractivity contribution in [2.45, 2.75) is 19.0 Å². The zero-order chi connectivity index (χ0) is 20.0. The van der Waals surface area contributed by atoms with Crippen molar-refractivity contribution >= 4 is 20.0 Å². The Balaban J connectivity index is 2.69. The molecule has 12 heteroatoms. The van der Waals surface area contributed by atoms with Crippen LogP contribution in [-0.4, -0.2) is 34.9 Å². The van der Waals surface area contributed by atoms with Gasteiger partial charge in [0.1, 0.15) is 0 Å². The molecule has 146 valence electrons. The van der Waals surface area contributed by atoms with Crippen molar-refractivity contribution < 1.29 is 50.8 Å². The van der Waals surface area contributed by atoms with E-state index in [0.717, 1.165) is 0 Å². The summed E-state index contributed by atoms with van der Waals surface area (Å²) >= 11 is 0. The molecule has 0 saturated carbocycles. The molecule has 1 aromatic rings. The Morgan fingerprint density at radius 2 is 1.73 bits per heavy atom. The van der Waals surface area contributed by atoms with E-state index in [-0.39, 0.29) is 12.5 Å². The summed E-state index contributed by atoms with van der Waals surface area (Å²) in [6.07, 6.45) is -3.94. The van der Waals surface area contributed by atoms with Crippen molar-refractivity contribution in [3.05, 3.63) is 34.9 Å². The van der Waals surface area contributed by atoms with Crippen molar-refractivity contribution in [1.82, 2.24) is 0 Å². The maximum absolute atomic E-state index is 13.9. The molecule has 0 bridgehead atoms. The summed E-state index contributed by atoms with van der Waals surface area (Å²) in [6, 6.07) is 0.0892. The Morgan fingerprint density at radius 3 is 2.27 bits per heavy atom. The highest BCUT2D eigenvalue weighted by atomic mass is 31.1. The number of aliphatic carboxylic acids is 2. The molecule has 0 aliphatic carbocycles. The van der Waals surface area contributed by atoms with Crippen LogP contribution in [0.2, 0.25) is 0 Å². The van der Waals surface area contributed by atoms with Crippen molar-refractivity contribution in [3.8, 4) is 0 Å². The molecule has 0 heterocycles. The van der Waals surface area contributed by atoms with Gasteiger partial charge in [-0.05, 0) is 12.5 Å². The highest BCUT2D eigenvalue weighted by Gasteiger charge is 2.26. The number of hydrogen-bond donors (Lipinski definition) is 2. The fourth-order valence-electron chi connectivity index (χ4n) is 1.95. The van der Waals surface area contributed by atoms with Crippen molar-refractivity contribution in [2.24, 2.45) is 5.92 Å². The lowest BCUT2D eigenvalue weighted by molar-refractivity contribution is -0.142. The van der Waals surface area contributed by atoms with Gasteiger partial charge in [-0.2, -0.15) is 0 Å². The van der Waals surface area contributed by atoms with E-state index < -0.39 is 80.1 Å². The first-order chi connectivity index (χ1) is 12.0. The standard InChI is InChI=1S/C14H14F5O6P/c15-8-3-7(11(17)13(19)12(8)18)9(16)4-25-26(24)5-6(14(22)23)1-2-10(20)21/h3,6,9,26H,1-2,4-5H2,(H,20,21)(H,22,23). The van der Waals surface area contributed by atoms with Crippen LogP contribution in [0.25, 0.3) is 0 Å². The van der Waals surface area contributed by atoms with Gasteiger partial charge < -0.3 is 14.7 Å². The Hall–Kier alpha value is -2.00. The number of halogens is 5. The van der Waals surface area contributed by atoms with Crippen LogP contribution in [-0.2, 0) is 18.7 Å². The summed E-state index contributed by atoms with van der Waals surface area (Å²) in [6.45, 7) is -1.12. The second-order valence-corrected chi connectivity index (χ2v) is 6.65. The van der Waals surface area contributed by atoms with Gasteiger partial charge >= 0.3 is 11.9 Å². The lowest BCUT2D eigenvalue weighted by Crippen LogP contribution is -2.18. The van der Waals surface area contributed by atoms with Gasteiger partial charge in [0.05, 0.1) is 12.5 Å². The molecule has 0 spiro atoms. The van der Waals surface area contributed by atoms with Gasteiger partial charge in [-0.3, -0.25) is 14.2 Å². The third-order valence-electron chi connectivity index (χ3n) is 3.33. The number of carboxylic acids is 2. The van der Waals surface area contributed by atoms with Crippen LogP contribution in [0.3, 0.4) is 0 Å². The van der Waals surface area contributed by atoms with E-state index >= 15 is 0 Å². The molecule has 0 saturated heterocycles. The van der Waals surface area contributed by atoms with E-state index in [2.05, 4.69) is 4.52 Å². The number of carboxylic acid groups (broad SMARTS) is 2. The van der Waals surface area contributed by atoms with Crippen molar-refractivity contribution in [2.75, 3.05) is 12.8 Å². The fraction of sp³-hybridized carbons (Fsp3) is 0.429. The highest BCUT2D eigenvalue weighted by Crippen LogP contribution is 2.32. The summed E-state index contributed by atoms with van der Waals surface area (Å²) in [5.74, 6) is -12.1. The smallest absolute Gasteiger partial charge is 0.307 e. The molecular weight excluding hydrogens is 390 g/mol. The number of carbonyl (C=O) groups is 2. The molecular formula is C14H14F5O6P. The minimum atomic E-state index is -3.17. The average Bonchev–Trinajstić information content (AvgIpc) is 2.57. The van der Waals surface area contributed by atoms with Gasteiger partial charge in [-0.15, -0.1) is 0 Å². The summed E-state index contributed by atoms with van der Waals surface area (Å²) in [4.78, 5) is 21.4. The molecule has 6 nitrogen and oxygen atoms in total. The van der Waals surface area contributed by atoms with Crippen LogP contribution in [0, 0.1) is 29.2 Å². The minimum absolute atomic E-state index is 0.0892. The average molecular weight is 404 g/mol. The van der Waals surface area contributed by atoms with E-state index in [1.807, 2.05) is 0 Å². The third kappa shape index (κ3) is 6.06. The molecule has 0 radical (unpaired) electrons. The molecule has 26 heavy (non-hydrogen) atoms. The van der Waals surface area contributed by atoms with E-state index in [1.54, 1.807) is 0 Å². The summed E-state index contributed by atoms with van der Waals surface area (Å²) in [5.41, 5.74) is -1.18. The lowest BCUT2D eigenvalue weighted by Gasteiger charge is -2.14. The second-order valence-electron chi connectivity index (χ2n) is 5.21. The number of hydrogen-bond acceptors (Lipinski definition) is 4. The van der Waals surface area contributed by atoms with Gasteiger partial charge in [-0.25, -0.2) is 22.0 Å². The van der Waals surface area contributed by atoms with E-state index in [4.69, 9.17) is 10.2 Å². The van der Waals surface area contributed by atoms with Gasteiger partial charge in [0.25, 0.3) is 0 Å². The Morgan fingerprint density at radius 1 is 1.12 bits per heavy atom. The predicted molar refractivity (Wildman–Crippen MR) is 77.9 cm³/mol. The van der Waals surface area contributed by atoms with Crippen LogP contribution >= 0.6 is 8.03 Å². The highest BCUT2D eigenvalue weighted by molar-refractivity contribution is 7.39. The molecule has 1 rings (SSSR count). The number of rotatable bonds is 10. The van der Waals surface area contributed by atoms with Crippen LogP contribution in [0.1, 0.15) is 24.6 Å². The monoisotopic (exact) mass is 404 g/mol. The lowest BCUT2D eigenvalue weighted by atomic mass is 10.1. The Kier molecular flexibility index (Phi) is 8.16. The minimum Gasteiger partial charge on any atom is -0.481 e. The molecule has 0 aliphatic heterocycles. The number of benzene rings is 1. The van der Waals surface area contributed by atoms with Crippen molar-refractivity contribution in [1.29, 1.82) is 0 Å². The maximum Gasteiger partial charge on any atom is 0.307 e. The third-order valence-corrected chi connectivity index (χ3v) is 4.64. The SMILES string of the molecule is O=C(O)CCC(C[PH](=O)OCC(F)c1cc(F)c(F)c(F)c1F)C(=O)O. The largest absolute Gasteiger partial charge is 0.481 e. The normalized spacial score (nSPS) is 14.7. The topological polar surface area (TPSA) is 101 Å². The van der Waals surface area contributed by atoms with Crippen LogP contribution in [0.15, 0.2) is 6.07 Å². The Labute approximate surface area is 144 Å². The second kappa shape index (κ2) is 9.63. The van der Waals surface area contributed by atoms with Gasteiger partial charge in [0, 0.05) is 18.1 Å². The summed E-state index contributed by atoms with van der Waals surface area (Å²) in [7, 11) is -3.17. The molecule has 0 amide bonds. The van der Waals surface area contributed by atoms with E-state index in [9.17, 15) is 36.1 Å². The predicted octanol–water partition coefficient (Wildman–Crippen LogP) is 3.31. The quantitative estimate of drug-likeness (QED) is 0.269. The molecule has 1 aromatic carbocycles. The molecule has 0 aliphatic rings. The molecule has 3 atom stereocenters. The zero-order valence-electron chi connectivity index (χ0n) is 13.0. The van der Waals surface area contributed by atoms with Gasteiger partial charge in [0.15, 0.2) is 37.5 Å². The number of alkyl halides is 1. The van der Waals surface area contributed by atoms with Gasteiger partial charge in [-0.1, -0.05) is 0 Å². The fourth-order valence-corrected chi connectivity index (χ4v) is 3.18. The summed E-state index contributed by atoms with van der Waals surface area (Å²) < 4.78 is 82.5. The molecule has 0 fully saturated rings. The summed E-state index contributed by atoms with van der Waals surface area (Å²) in [5, 5.41) is 17.4. The van der Waals surface area contributed by atoms with E-state index in [1.165, 1.54) is 0 Å². The first-order valence-corrected chi connectivity index (χ1v) is 8.64.